The molecule has 1 N–H and O–H groups in total. The molecule has 148 valence electrons. The molecule has 0 saturated heterocycles. The summed E-state index contributed by atoms with van der Waals surface area (Å²) in [6.45, 7) is -1.14. The van der Waals surface area contributed by atoms with Crippen LogP contribution in [0.15, 0.2) is 0 Å². The Hall–Kier alpha value is -1.29. The number of ether oxygens (including phenoxy) is 2. The van der Waals surface area contributed by atoms with Crippen LogP contribution >= 0.6 is 0 Å². The number of rotatable bonds is 6. The summed E-state index contributed by atoms with van der Waals surface area (Å²) < 4.78 is 64.5. The highest BCUT2D eigenvalue weighted by Gasteiger charge is 2.56. The molecule has 3 bridgehead atoms. The molecule has 0 aromatic heterocycles. The van der Waals surface area contributed by atoms with Crippen LogP contribution in [0.3, 0.4) is 0 Å². The first-order valence-corrected chi connectivity index (χ1v) is 10.2. The molecule has 7 nitrogen and oxygen atoms in total. The standard InChI is InChI=1S/C16H22F2O7S/c17-16(18,26(21,22)23)14(20)25-5-4-24-13(19)15-7-10-2-1-3-11(8-15)12(6-10)9-15/h10-12H,1-9H2,(H,21,22,23). The predicted octanol–water partition coefficient (Wildman–Crippen LogP) is 2.16. The molecular formula is C16H22F2O7S. The zero-order valence-electron chi connectivity index (χ0n) is 14.2. The minimum Gasteiger partial charge on any atom is -0.462 e. The Labute approximate surface area is 150 Å². The van der Waals surface area contributed by atoms with Gasteiger partial charge in [-0.15, -0.1) is 0 Å². The summed E-state index contributed by atoms with van der Waals surface area (Å²) in [6.07, 6.45) is 6.93. The molecule has 0 spiro atoms. The second-order valence-electron chi connectivity index (χ2n) is 7.71. The number of esters is 2. The smallest absolute Gasteiger partial charge is 0.462 e. The summed E-state index contributed by atoms with van der Waals surface area (Å²) in [5.41, 5.74) is -0.527. The third kappa shape index (κ3) is 3.45. The van der Waals surface area contributed by atoms with Crippen LogP contribution in [0.5, 0.6) is 0 Å². The van der Waals surface area contributed by atoms with Crippen LogP contribution in [0.25, 0.3) is 0 Å². The molecule has 4 atom stereocenters. The second kappa shape index (κ2) is 6.70. The van der Waals surface area contributed by atoms with E-state index in [9.17, 15) is 26.8 Å². The van der Waals surface area contributed by atoms with Crippen LogP contribution in [0.1, 0.15) is 44.9 Å². The van der Waals surface area contributed by atoms with Gasteiger partial charge in [0, 0.05) is 0 Å². The average Bonchev–Trinajstić information content (AvgIpc) is 2.71. The van der Waals surface area contributed by atoms with E-state index in [1.165, 1.54) is 6.42 Å². The zero-order valence-corrected chi connectivity index (χ0v) is 15.0. The summed E-state index contributed by atoms with van der Waals surface area (Å²) in [5.74, 6) is -1.21. The largest absolute Gasteiger partial charge is 0.465 e. The van der Waals surface area contributed by atoms with E-state index in [4.69, 9.17) is 9.29 Å². The lowest BCUT2D eigenvalue weighted by Crippen LogP contribution is -2.40. The fraction of sp³-hybridized carbons (Fsp3) is 0.875. The molecule has 3 rings (SSSR count). The lowest BCUT2D eigenvalue weighted by atomic mass is 9.70. The van der Waals surface area contributed by atoms with Gasteiger partial charge in [-0.05, 0) is 43.4 Å². The Kier molecular flexibility index (Phi) is 5.02. The van der Waals surface area contributed by atoms with E-state index in [2.05, 4.69) is 4.74 Å². The van der Waals surface area contributed by atoms with Gasteiger partial charge in [0.05, 0.1) is 5.41 Å². The van der Waals surface area contributed by atoms with Gasteiger partial charge in [-0.1, -0.05) is 19.3 Å². The van der Waals surface area contributed by atoms with Crippen molar-refractivity contribution in [3.05, 3.63) is 0 Å². The van der Waals surface area contributed by atoms with Gasteiger partial charge in [-0.2, -0.15) is 17.2 Å². The maximum Gasteiger partial charge on any atom is 0.465 e. The summed E-state index contributed by atoms with van der Waals surface area (Å²) >= 11 is 0. The number of fused-ring (bicyclic) bond motifs is 2. The first-order chi connectivity index (χ1) is 12.1. The predicted molar refractivity (Wildman–Crippen MR) is 83.6 cm³/mol. The van der Waals surface area contributed by atoms with Gasteiger partial charge in [-0.3, -0.25) is 9.35 Å². The Balaban J connectivity index is 1.50. The number of halogens is 2. The lowest BCUT2D eigenvalue weighted by Gasteiger charge is -2.35. The minimum absolute atomic E-state index is 0.394. The summed E-state index contributed by atoms with van der Waals surface area (Å²) in [4.78, 5) is 23.6. The Bertz CT molecular complexity index is 689. The molecule has 0 aromatic carbocycles. The van der Waals surface area contributed by atoms with E-state index >= 15 is 0 Å². The number of hydrogen-bond acceptors (Lipinski definition) is 6. The van der Waals surface area contributed by atoms with Crippen molar-refractivity contribution in [3.8, 4) is 0 Å². The topological polar surface area (TPSA) is 107 Å². The highest BCUT2D eigenvalue weighted by Crippen LogP contribution is 2.60. The van der Waals surface area contributed by atoms with Crippen molar-refractivity contribution in [1.82, 2.24) is 0 Å². The van der Waals surface area contributed by atoms with Gasteiger partial charge in [-0.25, -0.2) is 4.79 Å². The monoisotopic (exact) mass is 396 g/mol. The van der Waals surface area contributed by atoms with E-state index in [-0.39, 0.29) is 0 Å². The maximum atomic E-state index is 13.0. The highest BCUT2D eigenvalue weighted by molar-refractivity contribution is 7.87. The minimum atomic E-state index is -5.90. The highest BCUT2D eigenvalue weighted by atomic mass is 32.2. The van der Waals surface area contributed by atoms with E-state index in [0.29, 0.717) is 17.8 Å². The van der Waals surface area contributed by atoms with E-state index in [1.54, 1.807) is 0 Å². The zero-order chi connectivity index (χ0) is 19.2. The Morgan fingerprint density at radius 2 is 1.73 bits per heavy atom. The van der Waals surface area contributed by atoms with Crippen molar-refractivity contribution < 1.29 is 40.8 Å². The summed E-state index contributed by atoms with van der Waals surface area (Å²) in [6, 6.07) is 0. The lowest BCUT2D eigenvalue weighted by molar-refractivity contribution is -0.169. The van der Waals surface area contributed by atoms with Gasteiger partial charge >= 0.3 is 27.3 Å². The molecule has 0 radical (unpaired) electrons. The van der Waals surface area contributed by atoms with Crippen LogP contribution in [0, 0.1) is 23.2 Å². The van der Waals surface area contributed by atoms with Crippen LogP contribution in [0.2, 0.25) is 0 Å². The van der Waals surface area contributed by atoms with E-state index in [0.717, 1.165) is 38.5 Å². The van der Waals surface area contributed by atoms with E-state index < -0.39 is 45.9 Å². The van der Waals surface area contributed by atoms with Crippen LogP contribution in [-0.2, 0) is 29.2 Å². The van der Waals surface area contributed by atoms with Crippen molar-refractivity contribution in [1.29, 1.82) is 0 Å². The van der Waals surface area contributed by atoms with Crippen LogP contribution in [0.4, 0.5) is 8.78 Å². The number of carbonyl (C=O) groups is 2. The molecule has 0 aliphatic heterocycles. The molecule has 3 saturated carbocycles. The molecule has 3 fully saturated rings. The van der Waals surface area contributed by atoms with Crippen molar-refractivity contribution in [2.75, 3.05) is 13.2 Å². The first-order valence-electron chi connectivity index (χ1n) is 8.74. The molecule has 3 aliphatic rings. The normalized spacial score (nSPS) is 33.6. The number of hydrogen-bond donors (Lipinski definition) is 1. The van der Waals surface area contributed by atoms with Crippen molar-refractivity contribution in [2.45, 2.75) is 50.2 Å². The van der Waals surface area contributed by atoms with Crippen molar-refractivity contribution >= 4 is 22.1 Å². The van der Waals surface area contributed by atoms with Gasteiger partial charge in [0.25, 0.3) is 0 Å². The Morgan fingerprint density at radius 3 is 2.42 bits per heavy atom. The van der Waals surface area contributed by atoms with E-state index in [1.807, 2.05) is 0 Å². The van der Waals surface area contributed by atoms with Crippen LogP contribution < -0.4 is 0 Å². The molecule has 0 amide bonds. The molecule has 10 heteroatoms. The van der Waals surface area contributed by atoms with Gasteiger partial charge in [0.2, 0.25) is 0 Å². The number of alkyl halides is 2. The average molecular weight is 396 g/mol. The van der Waals surface area contributed by atoms with Gasteiger partial charge in [0.15, 0.2) is 0 Å². The quantitative estimate of drug-likeness (QED) is 0.416. The SMILES string of the molecule is O=C(OCCOC(=O)C(F)(F)S(=O)(=O)O)C12CC3CCCC(C1)C(C3)C2. The Morgan fingerprint density at radius 1 is 1.08 bits per heavy atom. The van der Waals surface area contributed by atoms with Gasteiger partial charge < -0.3 is 9.47 Å². The fourth-order valence-electron chi connectivity index (χ4n) is 5.01. The second-order valence-corrected chi connectivity index (χ2v) is 9.17. The van der Waals surface area contributed by atoms with Crippen LogP contribution in [-0.4, -0.2) is 43.4 Å². The third-order valence-corrected chi connectivity index (χ3v) is 6.83. The molecule has 0 aromatic rings. The molecule has 4 unspecified atom stereocenters. The number of carbonyl (C=O) groups excluding carboxylic acids is 2. The van der Waals surface area contributed by atoms with Crippen molar-refractivity contribution in [3.63, 3.8) is 0 Å². The summed E-state index contributed by atoms with van der Waals surface area (Å²) in [5, 5.41) is -5.05. The molecule has 26 heavy (non-hydrogen) atoms. The maximum absolute atomic E-state index is 13.0. The molecule has 0 heterocycles. The van der Waals surface area contributed by atoms with Crippen molar-refractivity contribution in [2.24, 2.45) is 23.2 Å². The van der Waals surface area contributed by atoms with Gasteiger partial charge in [0.1, 0.15) is 13.2 Å². The first kappa shape index (κ1) is 19.5. The third-order valence-electron chi connectivity index (χ3n) is 6.02. The molecule has 3 aliphatic carbocycles. The fourth-order valence-corrected chi connectivity index (χ4v) is 5.28. The molecular weight excluding hydrogens is 374 g/mol. The summed E-state index contributed by atoms with van der Waals surface area (Å²) in [7, 11) is -5.90.